The van der Waals surface area contributed by atoms with Crippen LogP contribution in [0.2, 0.25) is 0 Å². The molecule has 0 radical (unpaired) electrons. The van der Waals surface area contributed by atoms with Gasteiger partial charge in [0.05, 0.1) is 13.2 Å². The normalized spacial score (nSPS) is 10.4. The lowest BCUT2D eigenvalue weighted by Crippen LogP contribution is -2.41. The standard InChI is InChI=1S/C12H19BrN2O2S/c1-2-3-4-15(5-6-16)12(17)14-8-11-7-10(13)9-18-11/h7,9,16H,2-6,8H2,1H3,(H,14,17). The first-order valence-corrected chi connectivity index (χ1v) is 7.71. The molecule has 0 saturated heterocycles. The van der Waals surface area contributed by atoms with Gasteiger partial charge in [-0.1, -0.05) is 13.3 Å². The average Bonchev–Trinajstić information content (AvgIpc) is 2.77. The van der Waals surface area contributed by atoms with E-state index in [1.54, 1.807) is 16.2 Å². The van der Waals surface area contributed by atoms with Crippen molar-refractivity contribution in [2.75, 3.05) is 19.7 Å². The van der Waals surface area contributed by atoms with Crippen molar-refractivity contribution in [1.82, 2.24) is 10.2 Å². The molecule has 0 aliphatic heterocycles. The summed E-state index contributed by atoms with van der Waals surface area (Å²) in [5.41, 5.74) is 0. The minimum absolute atomic E-state index is 0.00167. The van der Waals surface area contributed by atoms with Gasteiger partial charge in [0.25, 0.3) is 0 Å². The number of urea groups is 1. The van der Waals surface area contributed by atoms with E-state index in [0.717, 1.165) is 22.2 Å². The van der Waals surface area contributed by atoms with Crippen LogP contribution in [0.25, 0.3) is 0 Å². The Labute approximate surface area is 120 Å². The predicted octanol–water partition coefficient (Wildman–Crippen LogP) is 2.81. The Morgan fingerprint density at radius 2 is 2.33 bits per heavy atom. The van der Waals surface area contributed by atoms with E-state index in [-0.39, 0.29) is 12.6 Å². The van der Waals surface area contributed by atoms with Gasteiger partial charge in [-0.2, -0.15) is 0 Å². The molecule has 18 heavy (non-hydrogen) atoms. The van der Waals surface area contributed by atoms with Crippen LogP contribution < -0.4 is 5.32 Å². The molecule has 0 saturated carbocycles. The highest BCUT2D eigenvalue weighted by atomic mass is 79.9. The Morgan fingerprint density at radius 1 is 1.56 bits per heavy atom. The molecular formula is C12H19BrN2O2S. The third kappa shape index (κ3) is 5.37. The number of hydrogen-bond donors (Lipinski definition) is 2. The van der Waals surface area contributed by atoms with Gasteiger partial charge < -0.3 is 15.3 Å². The van der Waals surface area contributed by atoms with E-state index in [4.69, 9.17) is 5.11 Å². The highest BCUT2D eigenvalue weighted by Crippen LogP contribution is 2.19. The molecule has 0 aliphatic carbocycles. The van der Waals surface area contributed by atoms with Crippen molar-refractivity contribution < 1.29 is 9.90 Å². The predicted molar refractivity (Wildman–Crippen MR) is 77.8 cm³/mol. The molecule has 0 aromatic carbocycles. The van der Waals surface area contributed by atoms with E-state index in [2.05, 4.69) is 28.2 Å². The van der Waals surface area contributed by atoms with E-state index in [9.17, 15) is 4.79 Å². The van der Waals surface area contributed by atoms with Gasteiger partial charge in [-0.05, 0) is 28.4 Å². The third-order valence-corrected chi connectivity index (χ3v) is 4.17. The van der Waals surface area contributed by atoms with Crippen molar-refractivity contribution in [2.24, 2.45) is 0 Å². The Kier molecular flexibility index (Phi) is 7.31. The lowest BCUT2D eigenvalue weighted by molar-refractivity contribution is 0.176. The summed E-state index contributed by atoms with van der Waals surface area (Å²) in [5, 5.41) is 13.8. The SMILES string of the molecule is CCCCN(CCO)C(=O)NCc1cc(Br)cs1. The number of nitrogens with one attached hydrogen (secondary N) is 1. The van der Waals surface area contributed by atoms with Gasteiger partial charge in [-0.3, -0.25) is 0 Å². The van der Waals surface area contributed by atoms with Crippen LogP contribution >= 0.6 is 27.3 Å². The smallest absolute Gasteiger partial charge is 0.317 e. The van der Waals surface area contributed by atoms with E-state index in [0.29, 0.717) is 19.6 Å². The van der Waals surface area contributed by atoms with E-state index < -0.39 is 0 Å². The minimum atomic E-state index is -0.109. The van der Waals surface area contributed by atoms with Gasteiger partial charge in [-0.25, -0.2) is 4.79 Å². The second-order valence-corrected chi connectivity index (χ2v) is 5.87. The third-order valence-electron chi connectivity index (χ3n) is 2.47. The molecule has 1 aromatic rings. The molecule has 0 atom stereocenters. The van der Waals surface area contributed by atoms with Crippen LogP contribution in [0.15, 0.2) is 15.9 Å². The van der Waals surface area contributed by atoms with Gasteiger partial charge in [-0.15, -0.1) is 11.3 Å². The molecule has 0 spiro atoms. The van der Waals surface area contributed by atoms with Crippen molar-refractivity contribution in [3.63, 3.8) is 0 Å². The molecule has 4 nitrogen and oxygen atoms in total. The maximum atomic E-state index is 11.9. The fourth-order valence-electron chi connectivity index (χ4n) is 1.51. The van der Waals surface area contributed by atoms with E-state index >= 15 is 0 Å². The summed E-state index contributed by atoms with van der Waals surface area (Å²) in [4.78, 5) is 14.7. The minimum Gasteiger partial charge on any atom is -0.395 e. The number of aliphatic hydroxyl groups is 1. The van der Waals surface area contributed by atoms with Gasteiger partial charge in [0, 0.05) is 27.8 Å². The zero-order valence-corrected chi connectivity index (χ0v) is 12.9. The number of halogens is 1. The number of carbonyl (C=O) groups excluding carboxylic acids is 1. The van der Waals surface area contributed by atoms with Gasteiger partial charge >= 0.3 is 6.03 Å². The Morgan fingerprint density at radius 3 is 2.89 bits per heavy atom. The summed E-state index contributed by atoms with van der Waals surface area (Å²) in [5.74, 6) is 0. The topological polar surface area (TPSA) is 52.6 Å². The van der Waals surface area contributed by atoms with Gasteiger partial charge in [0.2, 0.25) is 0 Å². The Balaban J connectivity index is 2.40. The molecule has 0 unspecified atom stereocenters. The van der Waals surface area contributed by atoms with Crippen molar-refractivity contribution in [3.8, 4) is 0 Å². The number of amides is 2. The fraction of sp³-hybridized carbons (Fsp3) is 0.583. The van der Waals surface area contributed by atoms with Crippen molar-refractivity contribution in [3.05, 3.63) is 20.8 Å². The number of thiophene rings is 1. The molecule has 1 aromatic heterocycles. The molecule has 1 rings (SSSR count). The number of unbranched alkanes of at least 4 members (excludes halogenated alkanes) is 1. The number of carbonyl (C=O) groups is 1. The van der Waals surface area contributed by atoms with Crippen LogP contribution in [0, 0.1) is 0 Å². The molecule has 0 bridgehead atoms. The maximum absolute atomic E-state index is 11.9. The highest BCUT2D eigenvalue weighted by molar-refractivity contribution is 9.10. The maximum Gasteiger partial charge on any atom is 0.317 e. The molecule has 0 fully saturated rings. The molecule has 2 N–H and O–H groups in total. The highest BCUT2D eigenvalue weighted by Gasteiger charge is 2.11. The number of nitrogens with zero attached hydrogens (tertiary/aromatic N) is 1. The van der Waals surface area contributed by atoms with Gasteiger partial charge in [0.15, 0.2) is 0 Å². The summed E-state index contributed by atoms with van der Waals surface area (Å²) < 4.78 is 1.04. The fourth-order valence-corrected chi connectivity index (χ4v) is 2.90. The second kappa shape index (κ2) is 8.50. The average molecular weight is 335 g/mol. The quantitative estimate of drug-likeness (QED) is 0.805. The first kappa shape index (κ1) is 15.5. The zero-order chi connectivity index (χ0) is 13.4. The zero-order valence-electron chi connectivity index (χ0n) is 10.5. The van der Waals surface area contributed by atoms with E-state index in [1.807, 2.05) is 11.4 Å². The summed E-state index contributed by atoms with van der Waals surface area (Å²) in [6, 6.07) is 1.88. The molecule has 1 heterocycles. The Bertz CT molecular complexity index is 371. The first-order valence-electron chi connectivity index (χ1n) is 6.04. The molecular weight excluding hydrogens is 316 g/mol. The Hall–Kier alpha value is -0.590. The number of aliphatic hydroxyl groups excluding tert-OH is 1. The van der Waals surface area contributed by atoms with Crippen LogP contribution in [0.1, 0.15) is 24.6 Å². The summed E-state index contributed by atoms with van der Waals surface area (Å²) in [6.45, 7) is 3.69. The molecule has 6 heteroatoms. The number of hydrogen-bond acceptors (Lipinski definition) is 3. The largest absolute Gasteiger partial charge is 0.395 e. The van der Waals surface area contributed by atoms with Crippen LogP contribution in [-0.4, -0.2) is 35.7 Å². The van der Waals surface area contributed by atoms with Crippen LogP contribution in [0.3, 0.4) is 0 Å². The molecule has 0 aliphatic rings. The summed E-state index contributed by atoms with van der Waals surface area (Å²) >= 11 is 4.99. The van der Waals surface area contributed by atoms with Gasteiger partial charge in [0.1, 0.15) is 0 Å². The second-order valence-electron chi connectivity index (χ2n) is 3.95. The lowest BCUT2D eigenvalue weighted by atomic mass is 10.3. The molecule has 2 amide bonds. The van der Waals surface area contributed by atoms with E-state index in [1.165, 1.54) is 0 Å². The molecule has 102 valence electrons. The number of rotatable bonds is 7. The summed E-state index contributed by atoms with van der Waals surface area (Å²) in [6.07, 6.45) is 1.99. The van der Waals surface area contributed by atoms with Crippen molar-refractivity contribution in [1.29, 1.82) is 0 Å². The van der Waals surface area contributed by atoms with Crippen LogP contribution in [0.4, 0.5) is 4.79 Å². The van der Waals surface area contributed by atoms with Crippen molar-refractivity contribution >= 4 is 33.3 Å². The first-order chi connectivity index (χ1) is 8.67. The summed E-state index contributed by atoms with van der Waals surface area (Å²) in [7, 11) is 0. The monoisotopic (exact) mass is 334 g/mol. The van der Waals surface area contributed by atoms with Crippen molar-refractivity contribution in [2.45, 2.75) is 26.3 Å². The van der Waals surface area contributed by atoms with Crippen LogP contribution in [0.5, 0.6) is 0 Å². The van der Waals surface area contributed by atoms with Crippen LogP contribution in [-0.2, 0) is 6.54 Å². The lowest BCUT2D eigenvalue weighted by Gasteiger charge is -2.21.